The molecule has 3 rings (SSSR count). The lowest BCUT2D eigenvalue weighted by Crippen LogP contribution is -2.55. The van der Waals surface area contributed by atoms with Gasteiger partial charge in [0.1, 0.15) is 0 Å². The fourth-order valence-electron chi connectivity index (χ4n) is 4.16. The van der Waals surface area contributed by atoms with Crippen molar-refractivity contribution in [2.45, 2.75) is 63.8 Å². The Labute approximate surface area is 138 Å². The average molecular weight is 326 g/mol. The molecule has 1 N–H and O–H groups in total. The molecule has 2 aliphatic carbocycles. The van der Waals surface area contributed by atoms with E-state index in [1.165, 1.54) is 44.1 Å². The summed E-state index contributed by atoms with van der Waals surface area (Å²) in [6, 6.07) is 6.64. The fourth-order valence-corrected chi connectivity index (χ4v) is 4.95. The molecule has 116 valence electrons. The van der Waals surface area contributed by atoms with Crippen molar-refractivity contribution in [3.63, 3.8) is 0 Å². The summed E-state index contributed by atoms with van der Waals surface area (Å²) in [6.45, 7) is 5.65. The molecule has 0 aliphatic heterocycles. The third kappa shape index (κ3) is 2.85. The van der Waals surface area contributed by atoms with Crippen LogP contribution in [-0.2, 0) is 5.41 Å². The molecule has 0 heterocycles. The lowest BCUT2D eigenvalue weighted by molar-refractivity contribution is 0.0128. The zero-order chi connectivity index (χ0) is 15.1. The van der Waals surface area contributed by atoms with E-state index in [-0.39, 0.29) is 5.41 Å². The molecule has 1 aromatic carbocycles. The maximum atomic E-state index is 6.52. The Hall–Kier alpha value is -0.240. The van der Waals surface area contributed by atoms with Gasteiger partial charge in [0, 0.05) is 28.0 Å². The minimum Gasteiger partial charge on any atom is -0.313 e. The quantitative estimate of drug-likeness (QED) is 0.719. The van der Waals surface area contributed by atoms with Crippen molar-refractivity contribution in [3.8, 4) is 0 Å². The van der Waals surface area contributed by atoms with Gasteiger partial charge in [-0.1, -0.05) is 56.0 Å². The summed E-state index contributed by atoms with van der Waals surface area (Å²) in [5.41, 5.74) is 1.79. The van der Waals surface area contributed by atoms with Crippen LogP contribution in [0.15, 0.2) is 18.2 Å². The summed E-state index contributed by atoms with van der Waals surface area (Å²) < 4.78 is 0. The first-order valence-electron chi connectivity index (χ1n) is 8.22. The topological polar surface area (TPSA) is 12.0 Å². The summed E-state index contributed by atoms with van der Waals surface area (Å²) >= 11 is 13.0. The number of hydrogen-bond acceptors (Lipinski definition) is 1. The lowest BCUT2D eigenvalue weighted by atomic mass is 9.48. The Kier molecular flexibility index (Phi) is 4.29. The van der Waals surface area contributed by atoms with Gasteiger partial charge in [-0.25, -0.2) is 0 Å². The Morgan fingerprint density at radius 2 is 1.67 bits per heavy atom. The van der Waals surface area contributed by atoms with Crippen LogP contribution in [-0.4, -0.2) is 12.6 Å². The highest BCUT2D eigenvalue weighted by molar-refractivity contribution is 6.36. The number of benzene rings is 1. The first-order valence-corrected chi connectivity index (χ1v) is 8.98. The molecule has 0 saturated heterocycles. The molecule has 0 amide bonds. The summed E-state index contributed by atoms with van der Waals surface area (Å²) in [4.78, 5) is 0. The third-order valence-corrected chi connectivity index (χ3v) is 6.36. The Bertz CT molecular complexity index is 490. The molecule has 0 atom stereocenters. The number of halogens is 2. The van der Waals surface area contributed by atoms with Gasteiger partial charge < -0.3 is 5.32 Å². The molecule has 0 unspecified atom stereocenters. The highest BCUT2D eigenvalue weighted by atomic mass is 35.5. The second kappa shape index (κ2) is 5.76. The van der Waals surface area contributed by atoms with Crippen LogP contribution in [0.5, 0.6) is 0 Å². The van der Waals surface area contributed by atoms with Crippen LogP contribution in [0, 0.1) is 5.41 Å². The summed E-state index contributed by atoms with van der Waals surface area (Å²) in [5, 5.41) is 5.39. The number of hydrogen-bond donors (Lipinski definition) is 1. The largest absolute Gasteiger partial charge is 0.313 e. The van der Waals surface area contributed by atoms with E-state index in [0.717, 1.165) is 22.6 Å². The monoisotopic (exact) mass is 325 g/mol. The zero-order valence-electron chi connectivity index (χ0n) is 13.0. The Balaban J connectivity index is 1.90. The molecule has 0 spiro atoms. The van der Waals surface area contributed by atoms with Crippen molar-refractivity contribution in [2.24, 2.45) is 5.41 Å². The first-order chi connectivity index (χ1) is 10.0. The van der Waals surface area contributed by atoms with Gasteiger partial charge in [-0.2, -0.15) is 0 Å². The number of rotatable bonds is 6. The van der Waals surface area contributed by atoms with Crippen molar-refractivity contribution in [2.75, 3.05) is 6.54 Å². The van der Waals surface area contributed by atoms with Gasteiger partial charge in [0.2, 0.25) is 0 Å². The van der Waals surface area contributed by atoms with Crippen molar-refractivity contribution >= 4 is 23.2 Å². The van der Waals surface area contributed by atoms with E-state index in [2.05, 4.69) is 19.2 Å². The van der Waals surface area contributed by atoms with Gasteiger partial charge in [-0.3, -0.25) is 0 Å². The van der Waals surface area contributed by atoms with Crippen LogP contribution in [0.25, 0.3) is 0 Å². The maximum absolute atomic E-state index is 6.52. The van der Waals surface area contributed by atoms with Gasteiger partial charge in [-0.05, 0) is 48.8 Å². The fraction of sp³-hybridized carbons (Fsp3) is 0.667. The molecule has 21 heavy (non-hydrogen) atoms. The average Bonchev–Trinajstić information content (AvgIpc) is 3.24. The third-order valence-electron chi connectivity index (χ3n) is 5.73. The van der Waals surface area contributed by atoms with Crippen LogP contribution in [0.1, 0.15) is 57.9 Å². The molecule has 1 nitrogen and oxygen atoms in total. The second-order valence-corrected chi connectivity index (χ2v) is 7.91. The SMILES string of the molecule is CCC1(CC)CC(CNC2CC2)(c2c(Cl)cccc2Cl)C1. The molecular weight excluding hydrogens is 301 g/mol. The molecule has 2 saturated carbocycles. The highest BCUT2D eigenvalue weighted by Gasteiger charge is 2.54. The van der Waals surface area contributed by atoms with Crippen molar-refractivity contribution in [1.82, 2.24) is 5.32 Å². The smallest absolute Gasteiger partial charge is 0.0459 e. The van der Waals surface area contributed by atoms with E-state index in [9.17, 15) is 0 Å². The van der Waals surface area contributed by atoms with Gasteiger partial charge in [0.25, 0.3) is 0 Å². The lowest BCUT2D eigenvalue weighted by Gasteiger charge is -2.57. The maximum Gasteiger partial charge on any atom is 0.0459 e. The van der Waals surface area contributed by atoms with E-state index in [0.29, 0.717) is 5.41 Å². The predicted molar refractivity (Wildman–Crippen MR) is 91.4 cm³/mol. The number of nitrogens with one attached hydrogen (secondary N) is 1. The Morgan fingerprint density at radius 1 is 1.10 bits per heavy atom. The molecule has 0 bridgehead atoms. The normalized spacial score (nSPS) is 22.9. The minimum atomic E-state index is 0.129. The van der Waals surface area contributed by atoms with Crippen LogP contribution in [0.4, 0.5) is 0 Å². The van der Waals surface area contributed by atoms with Crippen LogP contribution >= 0.6 is 23.2 Å². The molecule has 3 heteroatoms. The predicted octanol–water partition coefficient (Wildman–Crippen LogP) is 5.58. The molecule has 2 fully saturated rings. The molecular formula is C18H25Cl2N. The van der Waals surface area contributed by atoms with Crippen LogP contribution in [0.3, 0.4) is 0 Å². The first kappa shape index (κ1) is 15.6. The Morgan fingerprint density at radius 3 is 2.14 bits per heavy atom. The van der Waals surface area contributed by atoms with Gasteiger partial charge in [0.15, 0.2) is 0 Å². The van der Waals surface area contributed by atoms with Crippen molar-refractivity contribution in [3.05, 3.63) is 33.8 Å². The van der Waals surface area contributed by atoms with Gasteiger partial charge in [-0.15, -0.1) is 0 Å². The summed E-state index contributed by atoms with van der Waals surface area (Å²) in [6.07, 6.45) is 7.54. The molecule has 0 radical (unpaired) electrons. The zero-order valence-corrected chi connectivity index (χ0v) is 14.5. The summed E-state index contributed by atoms with van der Waals surface area (Å²) in [7, 11) is 0. The van der Waals surface area contributed by atoms with E-state index >= 15 is 0 Å². The molecule has 2 aliphatic rings. The minimum absolute atomic E-state index is 0.129. The van der Waals surface area contributed by atoms with Crippen LogP contribution < -0.4 is 5.32 Å². The van der Waals surface area contributed by atoms with Gasteiger partial charge in [0.05, 0.1) is 0 Å². The standard InChI is InChI=1S/C18H25Cl2N/c1-3-17(4-2)10-18(11-17,12-21-13-8-9-13)16-14(19)6-5-7-15(16)20/h5-7,13,21H,3-4,8-12H2,1-2H3. The highest BCUT2D eigenvalue weighted by Crippen LogP contribution is 2.61. The molecule has 1 aromatic rings. The van der Waals surface area contributed by atoms with E-state index in [4.69, 9.17) is 23.2 Å². The summed E-state index contributed by atoms with van der Waals surface area (Å²) in [5.74, 6) is 0. The van der Waals surface area contributed by atoms with Crippen molar-refractivity contribution < 1.29 is 0 Å². The van der Waals surface area contributed by atoms with E-state index in [1.807, 2.05) is 18.2 Å². The molecule has 0 aromatic heterocycles. The van der Waals surface area contributed by atoms with Gasteiger partial charge >= 0.3 is 0 Å². The van der Waals surface area contributed by atoms with E-state index < -0.39 is 0 Å². The van der Waals surface area contributed by atoms with Crippen LogP contribution in [0.2, 0.25) is 10.0 Å². The van der Waals surface area contributed by atoms with E-state index in [1.54, 1.807) is 0 Å². The van der Waals surface area contributed by atoms with Crippen molar-refractivity contribution in [1.29, 1.82) is 0 Å². The second-order valence-electron chi connectivity index (χ2n) is 7.09.